The highest BCUT2D eigenvalue weighted by molar-refractivity contribution is 9.10. The van der Waals surface area contributed by atoms with Crippen molar-refractivity contribution >= 4 is 15.9 Å². The lowest BCUT2D eigenvalue weighted by atomic mass is 10.1. The van der Waals surface area contributed by atoms with Gasteiger partial charge in [-0.3, -0.25) is 5.32 Å². The van der Waals surface area contributed by atoms with Crippen LogP contribution in [0.1, 0.15) is 17.4 Å². The second-order valence-corrected chi connectivity index (χ2v) is 3.54. The number of halogens is 1. The van der Waals surface area contributed by atoms with Crippen molar-refractivity contribution in [1.29, 1.82) is 0 Å². The van der Waals surface area contributed by atoms with Gasteiger partial charge in [0.05, 0.1) is 0 Å². The molecule has 1 aliphatic heterocycles. The summed E-state index contributed by atoms with van der Waals surface area (Å²) in [7, 11) is 0. The van der Waals surface area contributed by atoms with Gasteiger partial charge in [-0.15, -0.1) is 0 Å². The fraction of sp³-hybridized carbons (Fsp3) is 0.250. The Kier molecular flexibility index (Phi) is 1.71. The fourth-order valence-electron chi connectivity index (χ4n) is 1.31. The van der Waals surface area contributed by atoms with Crippen LogP contribution in [0.5, 0.6) is 0 Å². The van der Waals surface area contributed by atoms with Gasteiger partial charge in [0.1, 0.15) is 6.23 Å². The van der Waals surface area contributed by atoms with Crippen LogP contribution < -0.4 is 5.32 Å². The quantitative estimate of drug-likeness (QED) is 0.686. The second kappa shape index (κ2) is 2.59. The van der Waals surface area contributed by atoms with Crippen molar-refractivity contribution in [2.45, 2.75) is 12.8 Å². The van der Waals surface area contributed by atoms with Crippen LogP contribution in [0.3, 0.4) is 0 Å². The zero-order valence-corrected chi connectivity index (χ0v) is 7.43. The number of benzene rings is 1. The minimum Gasteiger partial charge on any atom is -0.374 e. The lowest BCUT2D eigenvalue weighted by Crippen LogP contribution is -2.09. The van der Waals surface area contributed by atoms with Gasteiger partial charge in [0, 0.05) is 11.0 Å². The first-order valence-electron chi connectivity index (χ1n) is 3.47. The summed E-state index contributed by atoms with van der Waals surface area (Å²) >= 11 is 3.38. The predicted octanol–water partition coefficient (Wildman–Crippen LogP) is 1.54. The average molecular weight is 214 g/mol. The summed E-state index contributed by atoms with van der Waals surface area (Å²) in [6.07, 6.45) is -0.474. The molecule has 1 atom stereocenters. The Hall–Kier alpha value is -0.380. The minimum atomic E-state index is -0.474. The molecule has 1 aliphatic rings. The standard InChI is InChI=1S/C8H8BrNO/c9-6-1-2-7-5(3-6)4-10-8(7)11/h1-3,8,10-11H,4H2. The number of aliphatic hydroxyl groups excluding tert-OH is 1. The molecule has 3 heteroatoms. The number of nitrogens with one attached hydrogen (secondary N) is 1. The van der Waals surface area contributed by atoms with Gasteiger partial charge in [-0.1, -0.05) is 22.0 Å². The molecule has 1 aromatic carbocycles. The Bertz CT molecular complexity index is 287. The van der Waals surface area contributed by atoms with Gasteiger partial charge in [0.2, 0.25) is 0 Å². The summed E-state index contributed by atoms with van der Waals surface area (Å²) in [5.74, 6) is 0. The van der Waals surface area contributed by atoms with Crippen molar-refractivity contribution in [2.75, 3.05) is 0 Å². The highest BCUT2D eigenvalue weighted by atomic mass is 79.9. The van der Waals surface area contributed by atoms with Crippen LogP contribution in [0.2, 0.25) is 0 Å². The molecule has 1 aromatic rings. The third kappa shape index (κ3) is 1.20. The van der Waals surface area contributed by atoms with E-state index in [4.69, 9.17) is 0 Å². The molecule has 0 saturated carbocycles. The third-order valence-electron chi connectivity index (χ3n) is 1.89. The predicted molar refractivity (Wildman–Crippen MR) is 45.9 cm³/mol. The highest BCUT2D eigenvalue weighted by Gasteiger charge is 2.18. The number of rotatable bonds is 0. The van der Waals surface area contributed by atoms with Gasteiger partial charge >= 0.3 is 0 Å². The summed E-state index contributed by atoms with van der Waals surface area (Å²) in [5, 5.41) is 12.3. The smallest absolute Gasteiger partial charge is 0.131 e. The summed E-state index contributed by atoms with van der Waals surface area (Å²) in [4.78, 5) is 0. The van der Waals surface area contributed by atoms with Gasteiger partial charge in [-0.05, 0) is 23.3 Å². The van der Waals surface area contributed by atoms with Crippen molar-refractivity contribution in [3.63, 3.8) is 0 Å². The Labute approximate surface area is 73.4 Å². The Morgan fingerprint density at radius 1 is 1.55 bits per heavy atom. The maximum atomic E-state index is 9.35. The van der Waals surface area contributed by atoms with Gasteiger partial charge in [-0.25, -0.2) is 0 Å². The van der Waals surface area contributed by atoms with E-state index in [9.17, 15) is 5.11 Å². The van der Waals surface area contributed by atoms with Crippen molar-refractivity contribution in [3.8, 4) is 0 Å². The van der Waals surface area contributed by atoms with E-state index < -0.39 is 6.23 Å². The SMILES string of the molecule is OC1NCc2cc(Br)ccc21. The molecule has 2 nitrogen and oxygen atoms in total. The van der Waals surface area contributed by atoms with Crippen molar-refractivity contribution in [1.82, 2.24) is 5.32 Å². The minimum absolute atomic E-state index is 0.474. The molecule has 0 aromatic heterocycles. The van der Waals surface area contributed by atoms with Crippen LogP contribution in [0.15, 0.2) is 22.7 Å². The lowest BCUT2D eigenvalue weighted by molar-refractivity contribution is 0.151. The Balaban J connectivity index is 2.50. The molecule has 0 amide bonds. The topological polar surface area (TPSA) is 32.3 Å². The molecular formula is C8H8BrNO. The molecule has 2 rings (SSSR count). The van der Waals surface area contributed by atoms with E-state index in [0.717, 1.165) is 16.6 Å². The first-order chi connectivity index (χ1) is 5.27. The van der Waals surface area contributed by atoms with Crippen LogP contribution in [-0.4, -0.2) is 5.11 Å². The number of hydrogen-bond acceptors (Lipinski definition) is 2. The van der Waals surface area contributed by atoms with E-state index >= 15 is 0 Å². The maximum absolute atomic E-state index is 9.35. The zero-order valence-electron chi connectivity index (χ0n) is 5.84. The second-order valence-electron chi connectivity index (χ2n) is 2.63. The van der Waals surface area contributed by atoms with Crippen LogP contribution >= 0.6 is 15.9 Å². The van der Waals surface area contributed by atoms with Gasteiger partial charge in [0.25, 0.3) is 0 Å². The largest absolute Gasteiger partial charge is 0.374 e. The fourth-order valence-corrected chi connectivity index (χ4v) is 1.72. The highest BCUT2D eigenvalue weighted by Crippen LogP contribution is 2.25. The summed E-state index contributed by atoms with van der Waals surface area (Å²) < 4.78 is 1.06. The van der Waals surface area contributed by atoms with Gasteiger partial charge in [-0.2, -0.15) is 0 Å². The lowest BCUT2D eigenvalue weighted by Gasteiger charge is -2.01. The summed E-state index contributed by atoms with van der Waals surface area (Å²) in [6, 6.07) is 5.90. The number of hydrogen-bond donors (Lipinski definition) is 2. The molecule has 0 aliphatic carbocycles. The van der Waals surface area contributed by atoms with Crippen LogP contribution in [0, 0.1) is 0 Å². The summed E-state index contributed by atoms with van der Waals surface area (Å²) in [6.45, 7) is 0.760. The molecule has 0 bridgehead atoms. The van der Waals surface area contributed by atoms with E-state index in [1.807, 2.05) is 18.2 Å². The van der Waals surface area contributed by atoms with Crippen LogP contribution in [0.25, 0.3) is 0 Å². The van der Waals surface area contributed by atoms with Gasteiger partial charge in [0.15, 0.2) is 0 Å². The molecule has 1 heterocycles. The van der Waals surface area contributed by atoms with Gasteiger partial charge < -0.3 is 5.11 Å². The molecular weight excluding hydrogens is 206 g/mol. The average Bonchev–Trinajstić information content (AvgIpc) is 2.32. The maximum Gasteiger partial charge on any atom is 0.131 e. The van der Waals surface area contributed by atoms with E-state index in [0.29, 0.717) is 0 Å². The molecule has 1 unspecified atom stereocenters. The number of aliphatic hydroxyl groups is 1. The molecule has 0 spiro atoms. The first kappa shape index (κ1) is 7.28. The van der Waals surface area contributed by atoms with E-state index in [1.54, 1.807) is 0 Å². The molecule has 0 saturated heterocycles. The van der Waals surface area contributed by atoms with E-state index in [2.05, 4.69) is 21.2 Å². The first-order valence-corrected chi connectivity index (χ1v) is 4.26. The molecule has 0 fully saturated rings. The third-order valence-corrected chi connectivity index (χ3v) is 2.38. The summed E-state index contributed by atoms with van der Waals surface area (Å²) in [5.41, 5.74) is 2.17. The Morgan fingerprint density at radius 2 is 2.36 bits per heavy atom. The molecule has 2 N–H and O–H groups in total. The van der Waals surface area contributed by atoms with Crippen molar-refractivity contribution < 1.29 is 5.11 Å². The van der Waals surface area contributed by atoms with E-state index in [-0.39, 0.29) is 0 Å². The number of fused-ring (bicyclic) bond motifs is 1. The monoisotopic (exact) mass is 213 g/mol. The molecule has 58 valence electrons. The van der Waals surface area contributed by atoms with E-state index in [1.165, 1.54) is 5.56 Å². The molecule has 11 heavy (non-hydrogen) atoms. The molecule has 0 radical (unpaired) electrons. The Morgan fingerprint density at radius 3 is 3.18 bits per heavy atom. The van der Waals surface area contributed by atoms with Crippen LogP contribution in [-0.2, 0) is 6.54 Å². The normalized spacial score (nSPS) is 21.8. The van der Waals surface area contributed by atoms with Crippen molar-refractivity contribution in [2.24, 2.45) is 0 Å². The van der Waals surface area contributed by atoms with Crippen molar-refractivity contribution in [3.05, 3.63) is 33.8 Å². The zero-order chi connectivity index (χ0) is 7.84. The van der Waals surface area contributed by atoms with Crippen LogP contribution in [0.4, 0.5) is 0 Å².